The van der Waals surface area contributed by atoms with Crippen LogP contribution >= 0.6 is 0 Å². The van der Waals surface area contributed by atoms with Crippen molar-refractivity contribution < 1.29 is 110 Å². The molecule has 0 rings (SSSR count). The first-order chi connectivity index (χ1) is 16.7. The van der Waals surface area contributed by atoms with Crippen LogP contribution in [0.25, 0.3) is 0 Å². The second-order valence-corrected chi connectivity index (χ2v) is 7.68. The topological polar surface area (TPSA) is 3.24 Å². The molecule has 0 saturated heterocycles. The van der Waals surface area contributed by atoms with E-state index in [2.05, 4.69) is 0 Å². The molecular weight excluding hydrogens is 657 g/mol. The fraction of sp³-hybridized carbons (Fsp3) is 1.00. The van der Waals surface area contributed by atoms with Gasteiger partial charge in [0.05, 0.1) is 0 Å². The SMILES string of the molecule is CN(C)C(F)(F)C(F)(F)C(F)(F)C(F)(F)C(F)(F)C(F)(F)C(F)(F)C(F)(F)C(F)(F)C(F)(F)C(F)(F)C(F)(F)F. The van der Waals surface area contributed by atoms with E-state index in [-0.39, 0.29) is 0 Å². The summed E-state index contributed by atoms with van der Waals surface area (Å²) in [4.78, 5) is -1.51. The summed E-state index contributed by atoms with van der Waals surface area (Å²) in [5, 5.41) is 0. The first kappa shape index (κ1) is 38.2. The monoisotopic (exact) mass is 663 g/mol. The third kappa shape index (κ3) is 4.21. The molecule has 0 amide bonds. The summed E-state index contributed by atoms with van der Waals surface area (Å²) in [7, 11) is -0.828. The van der Waals surface area contributed by atoms with Crippen LogP contribution in [0.4, 0.5) is 110 Å². The molecule has 0 heterocycles. The molecule has 26 heteroatoms. The van der Waals surface area contributed by atoms with Crippen LogP contribution in [0.5, 0.6) is 0 Å². The van der Waals surface area contributed by atoms with Crippen molar-refractivity contribution in [2.75, 3.05) is 14.1 Å². The lowest BCUT2D eigenvalue weighted by Gasteiger charge is -2.46. The van der Waals surface area contributed by atoms with Gasteiger partial charge in [-0.2, -0.15) is 110 Å². The number of hydrogen-bond acceptors (Lipinski definition) is 1. The predicted octanol–water partition coefficient (Wildman–Crippen LogP) is 8.06. The fourth-order valence-electron chi connectivity index (χ4n) is 2.23. The van der Waals surface area contributed by atoms with Crippen molar-refractivity contribution in [3.63, 3.8) is 0 Å². The largest absolute Gasteiger partial charge is 0.460 e. The molecule has 0 spiro atoms. The number of nitrogens with zero attached hydrogens (tertiary/aromatic N) is 1. The summed E-state index contributed by atoms with van der Waals surface area (Å²) in [6, 6.07) is -6.85. The van der Waals surface area contributed by atoms with E-state index in [1.165, 1.54) is 0 Å². The van der Waals surface area contributed by atoms with Crippen molar-refractivity contribution in [2.24, 2.45) is 0 Å². The Bertz CT molecular complexity index is 922. The van der Waals surface area contributed by atoms with Gasteiger partial charge in [0.1, 0.15) is 0 Å². The van der Waals surface area contributed by atoms with Gasteiger partial charge in [-0.15, -0.1) is 0 Å². The molecule has 0 atom stereocenters. The number of halogens is 25. The van der Waals surface area contributed by atoms with Gasteiger partial charge in [-0.3, -0.25) is 0 Å². The van der Waals surface area contributed by atoms with Crippen LogP contribution in [-0.2, 0) is 0 Å². The highest BCUT2D eigenvalue weighted by Gasteiger charge is 2.99. The molecule has 40 heavy (non-hydrogen) atoms. The Morgan fingerprint density at radius 1 is 0.250 bits per heavy atom. The zero-order valence-corrected chi connectivity index (χ0v) is 17.9. The minimum absolute atomic E-state index is 0.414. The van der Waals surface area contributed by atoms with Gasteiger partial charge < -0.3 is 0 Å². The van der Waals surface area contributed by atoms with E-state index in [0.29, 0.717) is 0 Å². The summed E-state index contributed by atoms with van der Waals surface area (Å²) in [5.41, 5.74) is 0. The highest BCUT2D eigenvalue weighted by Crippen LogP contribution is 2.67. The minimum Gasteiger partial charge on any atom is -0.245 e. The van der Waals surface area contributed by atoms with Crippen LogP contribution in [-0.4, -0.2) is 90.4 Å². The zero-order valence-electron chi connectivity index (χ0n) is 17.9. The molecule has 0 aliphatic carbocycles. The molecule has 242 valence electrons. The Balaban J connectivity index is 7.35. The molecular formula is C14H6F25N. The minimum atomic E-state index is -9.57. The molecule has 0 radical (unpaired) electrons. The lowest BCUT2D eigenvalue weighted by atomic mass is 9.85. The third-order valence-corrected chi connectivity index (χ3v) is 4.84. The average Bonchev–Trinajstić information content (AvgIpc) is 2.71. The van der Waals surface area contributed by atoms with Gasteiger partial charge in [0.25, 0.3) is 0 Å². The normalized spacial score (nSPS) is 17.1. The molecule has 0 aromatic rings. The van der Waals surface area contributed by atoms with Crippen LogP contribution < -0.4 is 0 Å². The van der Waals surface area contributed by atoms with E-state index in [1.54, 1.807) is 0 Å². The quantitative estimate of drug-likeness (QED) is 0.160. The predicted molar refractivity (Wildman–Crippen MR) is 74.2 cm³/mol. The molecule has 0 aliphatic heterocycles. The van der Waals surface area contributed by atoms with E-state index in [4.69, 9.17) is 0 Å². The van der Waals surface area contributed by atoms with Gasteiger partial charge in [0, 0.05) is 0 Å². The van der Waals surface area contributed by atoms with E-state index >= 15 is 0 Å². The van der Waals surface area contributed by atoms with Gasteiger partial charge in [-0.1, -0.05) is 0 Å². The van der Waals surface area contributed by atoms with E-state index < -0.39 is 90.4 Å². The summed E-state index contributed by atoms with van der Waals surface area (Å²) in [5.74, 6) is -91.2. The van der Waals surface area contributed by atoms with Gasteiger partial charge in [-0.05, 0) is 14.1 Å². The Labute approximate surface area is 201 Å². The summed E-state index contributed by atoms with van der Waals surface area (Å²) < 4.78 is 330. The van der Waals surface area contributed by atoms with Crippen LogP contribution in [0.2, 0.25) is 0 Å². The van der Waals surface area contributed by atoms with Crippen LogP contribution in [0.1, 0.15) is 0 Å². The second-order valence-electron chi connectivity index (χ2n) is 7.68. The van der Waals surface area contributed by atoms with Crippen LogP contribution in [0.3, 0.4) is 0 Å². The maximum atomic E-state index is 13.6. The lowest BCUT2D eigenvalue weighted by Crippen LogP contribution is -2.78. The molecule has 1 nitrogen and oxygen atoms in total. The molecule has 0 aromatic carbocycles. The molecule has 0 aliphatic rings. The van der Waals surface area contributed by atoms with E-state index in [0.717, 1.165) is 0 Å². The summed E-state index contributed by atoms with van der Waals surface area (Å²) in [6.45, 7) is 0. The highest BCUT2D eigenvalue weighted by molar-refractivity contribution is 5.19. The van der Waals surface area contributed by atoms with Crippen molar-refractivity contribution in [3.05, 3.63) is 0 Å². The van der Waals surface area contributed by atoms with Gasteiger partial charge in [0.2, 0.25) is 0 Å². The highest BCUT2D eigenvalue weighted by atomic mass is 19.4. The second kappa shape index (κ2) is 9.10. The maximum Gasteiger partial charge on any atom is 0.460 e. The van der Waals surface area contributed by atoms with Crippen molar-refractivity contribution >= 4 is 0 Å². The lowest BCUT2D eigenvalue weighted by molar-refractivity contribution is -0.484. The fourth-order valence-corrected chi connectivity index (χ4v) is 2.23. The molecule has 0 aromatic heterocycles. The van der Waals surface area contributed by atoms with Gasteiger partial charge in [-0.25, -0.2) is 4.90 Å². The zero-order chi connectivity index (χ0) is 33.6. The Morgan fingerprint density at radius 3 is 0.550 bits per heavy atom. The first-order valence-electron chi connectivity index (χ1n) is 8.59. The third-order valence-electron chi connectivity index (χ3n) is 4.84. The molecule has 0 saturated carbocycles. The summed E-state index contributed by atoms with van der Waals surface area (Å²) in [6.07, 6.45) is -8.16. The Hall–Kier alpha value is -1.79. The van der Waals surface area contributed by atoms with Gasteiger partial charge in [0.15, 0.2) is 0 Å². The number of alkyl halides is 25. The van der Waals surface area contributed by atoms with Crippen LogP contribution in [0.15, 0.2) is 0 Å². The Kier molecular flexibility index (Phi) is 8.70. The van der Waals surface area contributed by atoms with Gasteiger partial charge >= 0.3 is 71.4 Å². The van der Waals surface area contributed by atoms with Crippen LogP contribution in [0, 0.1) is 0 Å². The number of hydrogen-bond donors (Lipinski definition) is 0. The Morgan fingerprint density at radius 2 is 0.400 bits per heavy atom. The van der Waals surface area contributed by atoms with Crippen molar-refractivity contribution in [1.29, 1.82) is 0 Å². The smallest absolute Gasteiger partial charge is 0.245 e. The molecule has 0 bridgehead atoms. The number of rotatable bonds is 11. The maximum absolute atomic E-state index is 13.6. The van der Waals surface area contributed by atoms with E-state index in [1.807, 2.05) is 0 Å². The molecule has 0 unspecified atom stereocenters. The molecule has 0 fully saturated rings. The first-order valence-corrected chi connectivity index (χ1v) is 8.59. The standard InChI is InChI=1S/C14H6F25N/c1-40(2)14(38,39)12(33,34)10(29,30)8(25,26)6(21,22)4(17,18)3(15,16)5(19,20)7(23,24)9(27,28)11(31,32)13(35,36)37/h1-2H3. The van der Waals surface area contributed by atoms with E-state index in [9.17, 15) is 110 Å². The summed E-state index contributed by atoms with van der Waals surface area (Å²) >= 11 is 0. The van der Waals surface area contributed by atoms with Crippen molar-refractivity contribution in [1.82, 2.24) is 4.90 Å². The van der Waals surface area contributed by atoms with Crippen molar-refractivity contribution in [2.45, 2.75) is 71.4 Å². The average molecular weight is 663 g/mol. The molecule has 0 N–H and O–H groups in total. The van der Waals surface area contributed by atoms with Crippen molar-refractivity contribution in [3.8, 4) is 0 Å².